The van der Waals surface area contributed by atoms with Gasteiger partial charge in [-0.05, 0) is 111 Å². The number of carbonyl (C=O) groups excluding carboxylic acids is 7. The SMILES string of the molecule is CCOC(=O)CCc1oc2ccccc2c1C[C@@H]1CCCN1C(=O)[C@@H](NC(=O)[C@H](C)N)C(C)C.CCOC(=O)CCc1oc2ccccc2c1C[C@@H]1CCCN1C(=O)[C@@H](NC(=O)[C@H](C)NC(=O)OC(C)(C)C)C(C)C. The highest BCUT2D eigenvalue weighted by molar-refractivity contribution is 5.92. The van der Waals surface area contributed by atoms with Crippen LogP contribution in [0.2, 0.25) is 0 Å². The summed E-state index contributed by atoms with van der Waals surface area (Å²) in [7, 11) is 0. The molecule has 5 N–H and O–H groups in total. The van der Waals surface area contributed by atoms with E-state index in [1.54, 1.807) is 48.5 Å². The number of hydrogen-bond acceptors (Lipinski definition) is 13. The number of nitrogens with zero attached hydrogens (tertiary/aromatic N) is 2. The molecule has 0 spiro atoms. The Morgan fingerprint density at radius 2 is 1.05 bits per heavy atom. The maximum absolute atomic E-state index is 13.8. The number of alkyl carbamates (subject to hydrolysis) is 1. The fraction of sp³-hybridized carbons (Fsp3) is 0.596. The second-order valence-corrected chi connectivity index (χ2v) is 21.3. The minimum absolute atomic E-state index is 0.0108. The highest BCUT2D eigenvalue weighted by Crippen LogP contribution is 2.34. The molecule has 2 saturated heterocycles. The first-order valence-corrected chi connectivity index (χ1v) is 26.8. The second-order valence-electron chi connectivity index (χ2n) is 21.3. The lowest BCUT2D eigenvalue weighted by molar-refractivity contribution is -0.144. The number of para-hydroxylation sites is 2. The smallest absolute Gasteiger partial charge is 0.408 e. The van der Waals surface area contributed by atoms with E-state index in [4.69, 9.17) is 28.8 Å². The lowest BCUT2D eigenvalue weighted by Crippen LogP contribution is -2.56. The molecule has 18 heteroatoms. The molecule has 18 nitrogen and oxygen atoms in total. The van der Waals surface area contributed by atoms with E-state index in [9.17, 15) is 33.6 Å². The Hall–Kier alpha value is -6.43. The Morgan fingerprint density at radius 1 is 0.640 bits per heavy atom. The predicted octanol–water partition coefficient (Wildman–Crippen LogP) is 7.47. The Bertz CT molecular complexity index is 2590. The van der Waals surface area contributed by atoms with Gasteiger partial charge in [0, 0.05) is 59.9 Å². The predicted molar refractivity (Wildman–Crippen MR) is 285 cm³/mol. The van der Waals surface area contributed by atoms with Crippen LogP contribution in [0.5, 0.6) is 0 Å². The molecule has 0 saturated carbocycles. The van der Waals surface area contributed by atoms with Crippen LogP contribution >= 0.6 is 0 Å². The van der Waals surface area contributed by atoms with Crippen molar-refractivity contribution in [1.29, 1.82) is 0 Å². The second kappa shape index (κ2) is 27.4. The third-order valence-electron chi connectivity index (χ3n) is 13.5. The van der Waals surface area contributed by atoms with Gasteiger partial charge in [0.1, 0.15) is 46.4 Å². The van der Waals surface area contributed by atoms with Gasteiger partial charge in [-0.3, -0.25) is 28.8 Å². The van der Waals surface area contributed by atoms with Crippen LogP contribution in [0.25, 0.3) is 21.9 Å². The van der Waals surface area contributed by atoms with Crippen molar-refractivity contribution >= 4 is 63.6 Å². The molecule has 4 aromatic rings. The van der Waals surface area contributed by atoms with Gasteiger partial charge in [-0.25, -0.2) is 4.79 Å². The zero-order valence-corrected chi connectivity index (χ0v) is 46.0. The number of amides is 5. The van der Waals surface area contributed by atoms with E-state index in [2.05, 4.69) is 16.0 Å². The highest BCUT2D eigenvalue weighted by atomic mass is 16.6. The zero-order chi connectivity index (χ0) is 55.1. The van der Waals surface area contributed by atoms with Crippen molar-refractivity contribution in [2.45, 2.75) is 182 Å². The highest BCUT2D eigenvalue weighted by Gasteiger charge is 2.39. The van der Waals surface area contributed by atoms with Crippen molar-refractivity contribution in [2.75, 3.05) is 26.3 Å². The number of carbonyl (C=O) groups is 7. The first kappa shape index (κ1) is 59.4. The fourth-order valence-electron chi connectivity index (χ4n) is 9.69. The minimum atomic E-state index is -0.882. The average molecular weight is 1040 g/mol. The third kappa shape index (κ3) is 16.5. The van der Waals surface area contributed by atoms with Crippen molar-refractivity contribution in [3.05, 3.63) is 71.2 Å². The molecular formula is C57H82N6O12. The van der Waals surface area contributed by atoms with Gasteiger partial charge in [0.2, 0.25) is 23.6 Å². The molecule has 2 aliphatic heterocycles. The number of benzene rings is 2. The van der Waals surface area contributed by atoms with E-state index >= 15 is 0 Å². The number of likely N-dealkylation sites (tertiary alicyclic amines) is 2. The molecule has 2 aliphatic rings. The average Bonchev–Trinajstić information content (AvgIpc) is 4.16. The summed E-state index contributed by atoms with van der Waals surface area (Å²) in [6.45, 7) is 21.5. The minimum Gasteiger partial charge on any atom is -0.466 e. The van der Waals surface area contributed by atoms with Gasteiger partial charge < -0.3 is 54.5 Å². The molecule has 6 atom stereocenters. The van der Waals surface area contributed by atoms with Gasteiger partial charge in [-0.2, -0.15) is 0 Å². The number of esters is 2. The van der Waals surface area contributed by atoms with Crippen molar-refractivity contribution in [3.8, 4) is 0 Å². The summed E-state index contributed by atoms with van der Waals surface area (Å²) in [5.74, 6) is -0.283. The summed E-state index contributed by atoms with van der Waals surface area (Å²) >= 11 is 0. The van der Waals surface area contributed by atoms with Crippen LogP contribution in [-0.4, -0.2) is 120 Å². The fourth-order valence-corrected chi connectivity index (χ4v) is 9.69. The summed E-state index contributed by atoms with van der Waals surface area (Å²) in [6.07, 6.45) is 5.27. The Kier molecular flexibility index (Phi) is 21.7. The van der Waals surface area contributed by atoms with Crippen molar-refractivity contribution in [2.24, 2.45) is 17.6 Å². The number of furan rings is 2. The number of rotatable bonds is 21. The number of fused-ring (bicyclic) bond motifs is 2. The van der Waals surface area contributed by atoms with Crippen LogP contribution in [-0.2, 0) is 68.7 Å². The molecule has 2 fully saturated rings. The number of nitrogens with one attached hydrogen (secondary N) is 3. The van der Waals surface area contributed by atoms with E-state index in [0.717, 1.165) is 70.3 Å². The Labute approximate surface area is 441 Å². The van der Waals surface area contributed by atoms with Crippen molar-refractivity contribution < 1.29 is 56.6 Å². The monoisotopic (exact) mass is 1040 g/mol. The molecule has 0 aliphatic carbocycles. The lowest BCUT2D eigenvalue weighted by Gasteiger charge is -2.32. The van der Waals surface area contributed by atoms with E-state index < -0.39 is 41.8 Å². The van der Waals surface area contributed by atoms with E-state index in [-0.39, 0.29) is 66.4 Å². The molecule has 6 rings (SSSR count). The number of ether oxygens (including phenoxy) is 3. The first-order valence-electron chi connectivity index (χ1n) is 26.8. The van der Waals surface area contributed by atoms with Crippen LogP contribution in [0.4, 0.5) is 4.79 Å². The van der Waals surface area contributed by atoms with Gasteiger partial charge >= 0.3 is 18.0 Å². The number of nitrogens with two attached hydrogens (primary N) is 1. The summed E-state index contributed by atoms with van der Waals surface area (Å²) in [4.78, 5) is 92.4. The van der Waals surface area contributed by atoms with Crippen molar-refractivity contribution in [3.63, 3.8) is 0 Å². The number of aryl methyl sites for hydroxylation is 2. The van der Waals surface area contributed by atoms with Gasteiger partial charge in [-0.1, -0.05) is 64.1 Å². The quantitative estimate of drug-likeness (QED) is 0.0468. The van der Waals surface area contributed by atoms with Crippen LogP contribution < -0.4 is 21.7 Å². The molecule has 0 bridgehead atoms. The van der Waals surface area contributed by atoms with Crippen molar-refractivity contribution in [1.82, 2.24) is 25.8 Å². The number of hydrogen-bond donors (Lipinski definition) is 4. The molecule has 4 heterocycles. The largest absolute Gasteiger partial charge is 0.466 e. The Balaban J connectivity index is 0.000000282. The Morgan fingerprint density at radius 3 is 1.44 bits per heavy atom. The van der Waals surface area contributed by atoms with Crippen LogP contribution in [0, 0.1) is 11.8 Å². The lowest BCUT2D eigenvalue weighted by atomic mass is 9.97. The summed E-state index contributed by atoms with van der Waals surface area (Å²) in [5, 5.41) is 10.2. The van der Waals surface area contributed by atoms with Gasteiger partial charge in [0.25, 0.3) is 0 Å². The zero-order valence-electron chi connectivity index (χ0n) is 46.0. The molecule has 0 radical (unpaired) electrons. The standard InChI is InChI=1S/C31H45N3O7.C26H37N3O5/c1-8-39-26(35)16-15-25-23(22-13-9-10-14-24(22)40-25)18-21-12-11-17-34(21)29(37)27(19(2)3)33-28(36)20(4)32-30(38)41-31(5,6)7;1-5-33-23(30)13-12-22-20(19-10-6-7-11-21(19)34-22)15-18-9-8-14-29(18)26(32)24(16(2)3)28-25(31)17(4)27/h9-10,13-14,19-21,27H,8,11-12,15-18H2,1-7H3,(H,32,38)(H,33,36);6-7,10-11,16-18,24H,5,8-9,12-15,27H2,1-4H3,(H,28,31)/t20-,21-,27-;17-,18-,24-/m00/s1. The first-order chi connectivity index (χ1) is 35.5. The maximum atomic E-state index is 13.8. The van der Waals surface area contributed by atoms with Crippen LogP contribution in [0.3, 0.4) is 0 Å². The molecule has 0 unspecified atom stereocenters. The topological polar surface area (TPSA) is 242 Å². The van der Waals surface area contributed by atoms with E-state index in [0.29, 0.717) is 52.0 Å². The van der Waals surface area contributed by atoms with E-state index in [1.807, 2.05) is 86.0 Å². The summed E-state index contributed by atoms with van der Waals surface area (Å²) in [6, 6.07) is 12.6. The molecule has 2 aromatic carbocycles. The molecule has 75 heavy (non-hydrogen) atoms. The molecule has 2 aromatic heterocycles. The van der Waals surface area contributed by atoms with Gasteiger partial charge in [-0.15, -0.1) is 0 Å². The van der Waals surface area contributed by atoms with Gasteiger partial charge in [0.15, 0.2) is 0 Å². The van der Waals surface area contributed by atoms with E-state index in [1.165, 1.54) is 0 Å². The molecule has 5 amide bonds. The summed E-state index contributed by atoms with van der Waals surface area (Å²) in [5.41, 5.74) is 8.57. The maximum Gasteiger partial charge on any atom is 0.408 e. The third-order valence-corrected chi connectivity index (χ3v) is 13.5. The molecular weight excluding hydrogens is 961 g/mol. The van der Waals surface area contributed by atoms with Crippen LogP contribution in [0.15, 0.2) is 57.4 Å². The molecule has 412 valence electrons. The normalized spacial score (nSPS) is 17.3. The van der Waals surface area contributed by atoms with Gasteiger partial charge in [0.05, 0.1) is 32.1 Å². The summed E-state index contributed by atoms with van der Waals surface area (Å²) < 4.78 is 27.7. The van der Waals surface area contributed by atoms with Crippen LogP contribution in [0.1, 0.15) is 137 Å².